The third-order valence-corrected chi connectivity index (χ3v) is 5.07. The van der Waals surface area contributed by atoms with Crippen molar-refractivity contribution < 1.29 is 9.59 Å². The highest BCUT2D eigenvalue weighted by Gasteiger charge is 2.16. The molecule has 1 aromatic heterocycles. The van der Waals surface area contributed by atoms with Gasteiger partial charge in [0.2, 0.25) is 5.91 Å². The Morgan fingerprint density at radius 1 is 1.10 bits per heavy atom. The normalized spacial score (nSPS) is 10.7. The molecule has 0 unspecified atom stereocenters. The van der Waals surface area contributed by atoms with Gasteiger partial charge in [0.25, 0.3) is 5.56 Å². The standard InChI is InChI=1S/C21H22N4O3S/c1-4-22-20(28)24-18(26)12-29-21-23-17-8-6-5-7-16(17)19(27)25(21)15-10-13(2)9-14(3)11-15/h5-11H,4,12H2,1-3H3,(H2,22,24,26,28). The van der Waals surface area contributed by atoms with E-state index in [0.717, 1.165) is 22.9 Å². The number of urea groups is 1. The molecule has 0 aliphatic carbocycles. The van der Waals surface area contributed by atoms with Crippen LogP contribution in [0.4, 0.5) is 4.79 Å². The van der Waals surface area contributed by atoms with Gasteiger partial charge in [-0.2, -0.15) is 0 Å². The Morgan fingerprint density at radius 3 is 2.48 bits per heavy atom. The van der Waals surface area contributed by atoms with E-state index in [0.29, 0.717) is 28.3 Å². The Balaban J connectivity index is 2.02. The summed E-state index contributed by atoms with van der Waals surface area (Å²) in [6.07, 6.45) is 0. The summed E-state index contributed by atoms with van der Waals surface area (Å²) in [6.45, 7) is 6.11. The Bertz CT molecular complexity index is 1120. The van der Waals surface area contributed by atoms with Crippen molar-refractivity contribution in [2.75, 3.05) is 12.3 Å². The van der Waals surface area contributed by atoms with Crippen LogP contribution < -0.4 is 16.2 Å². The van der Waals surface area contributed by atoms with Gasteiger partial charge >= 0.3 is 6.03 Å². The van der Waals surface area contributed by atoms with E-state index in [9.17, 15) is 14.4 Å². The molecular weight excluding hydrogens is 388 g/mol. The number of aromatic nitrogens is 2. The maximum Gasteiger partial charge on any atom is 0.321 e. The fraction of sp³-hybridized carbons (Fsp3) is 0.238. The van der Waals surface area contributed by atoms with Gasteiger partial charge in [-0.1, -0.05) is 30.0 Å². The van der Waals surface area contributed by atoms with Gasteiger partial charge in [0.1, 0.15) is 0 Å². The molecule has 0 saturated heterocycles. The van der Waals surface area contributed by atoms with Gasteiger partial charge in [-0.3, -0.25) is 19.5 Å². The van der Waals surface area contributed by atoms with Crippen molar-refractivity contribution in [1.82, 2.24) is 20.2 Å². The Morgan fingerprint density at radius 2 is 1.79 bits per heavy atom. The first-order valence-electron chi connectivity index (χ1n) is 9.20. The van der Waals surface area contributed by atoms with Crippen molar-refractivity contribution in [2.45, 2.75) is 25.9 Å². The van der Waals surface area contributed by atoms with Crippen LogP contribution in [0, 0.1) is 13.8 Å². The molecule has 0 aliphatic rings. The first-order chi connectivity index (χ1) is 13.9. The monoisotopic (exact) mass is 410 g/mol. The lowest BCUT2D eigenvalue weighted by Crippen LogP contribution is -2.40. The highest BCUT2D eigenvalue weighted by Crippen LogP contribution is 2.22. The van der Waals surface area contributed by atoms with Crippen LogP contribution in [0.2, 0.25) is 0 Å². The first-order valence-corrected chi connectivity index (χ1v) is 10.2. The Kier molecular flexibility index (Phi) is 6.33. The molecule has 0 spiro atoms. The lowest BCUT2D eigenvalue weighted by atomic mass is 10.1. The summed E-state index contributed by atoms with van der Waals surface area (Å²) in [6, 6.07) is 12.4. The number of carbonyl (C=O) groups excluding carboxylic acids is 2. The number of aryl methyl sites for hydroxylation is 2. The number of amides is 3. The second kappa shape index (κ2) is 8.91. The zero-order valence-electron chi connectivity index (χ0n) is 16.5. The highest BCUT2D eigenvalue weighted by molar-refractivity contribution is 7.99. The lowest BCUT2D eigenvalue weighted by molar-refractivity contribution is -0.117. The molecule has 0 aliphatic heterocycles. The average Bonchev–Trinajstić information content (AvgIpc) is 2.66. The molecule has 0 fully saturated rings. The smallest absolute Gasteiger partial charge is 0.321 e. The number of carbonyl (C=O) groups is 2. The number of thioether (sulfide) groups is 1. The minimum atomic E-state index is -0.545. The predicted molar refractivity (Wildman–Crippen MR) is 115 cm³/mol. The molecule has 3 rings (SSSR count). The quantitative estimate of drug-likeness (QED) is 0.498. The minimum Gasteiger partial charge on any atom is -0.338 e. The SMILES string of the molecule is CCNC(=O)NC(=O)CSc1nc2ccccc2c(=O)n1-c1cc(C)cc(C)c1. The predicted octanol–water partition coefficient (Wildman–Crippen LogP) is 2.94. The third kappa shape index (κ3) is 4.83. The summed E-state index contributed by atoms with van der Waals surface area (Å²) >= 11 is 1.11. The van der Waals surface area contributed by atoms with Crippen molar-refractivity contribution >= 4 is 34.6 Å². The second-order valence-electron chi connectivity index (χ2n) is 6.59. The van der Waals surface area contributed by atoms with Crippen LogP contribution in [0.5, 0.6) is 0 Å². The number of hydrogen-bond acceptors (Lipinski definition) is 5. The summed E-state index contributed by atoms with van der Waals surface area (Å²) < 4.78 is 1.52. The third-order valence-electron chi connectivity index (χ3n) is 4.13. The van der Waals surface area contributed by atoms with E-state index >= 15 is 0 Å². The van der Waals surface area contributed by atoms with Gasteiger partial charge in [0.05, 0.1) is 22.3 Å². The minimum absolute atomic E-state index is 0.0489. The molecular formula is C21H22N4O3S. The molecule has 150 valence electrons. The van der Waals surface area contributed by atoms with Gasteiger partial charge in [-0.05, 0) is 56.2 Å². The molecule has 0 saturated carbocycles. The van der Waals surface area contributed by atoms with E-state index in [1.54, 1.807) is 25.1 Å². The molecule has 1 heterocycles. The molecule has 0 atom stereocenters. The van der Waals surface area contributed by atoms with Gasteiger partial charge in [-0.15, -0.1) is 0 Å². The van der Waals surface area contributed by atoms with E-state index in [1.807, 2.05) is 38.1 Å². The number of imide groups is 1. The first kappa shape index (κ1) is 20.6. The molecule has 2 N–H and O–H groups in total. The molecule has 7 nitrogen and oxygen atoms in total. The molecule has 0 radical (unpaired) electrons. The van der Waals surface area contributed by atoms with E-state index in [2.05, 4.69) is 15.6 Å². The maximum atomic E-state index is 13.2. The maximum absolute atomic E-state index is 13.2. The molecule has 3 amide bonds. The van der Waals surface area contributed by atoms with Crippen LogP contribution in [0.15, 0.2) is 52.4 Å². The summed E-state index contributed by atoms with van der Waals surface area (Å²) in [4.78, 5) is 41.5. The van der Waals surface area contributed by atoms with Crippen molar-refractivity contribution in [2.24, 2.45) is 0 Å². The number of hydrogen-bond donors (Lipinski definition) is 2. The topological polar surface area (TPSA) is 93.1 Å². The fourth-order valence-electron chi connectivity index (χ4n) is 3.01. The summed E-state index contributed by atoms with van der Waals surface area (Å²) in [5, 5.41) is 5.66. The number of benzene rings is 2. The Hall–Kier alpha value is -3.13. The lowest BCUT2D eigenvalue weighted by Gasteiger charge is -2.14. The van der Waals surface area contributed by atoms with E-state index < -0.39 is 11.9 Å². The van der Waals surface area contributed by atoms with Crippen LogP contribution in [-0.4, -0.2) is 33.8 Å². The molecule has 8 heteroatoms. The van der Waals surface area contributed by atoms with E-state index in [4.69, 9.17) is 0 Å². The van der Waals surface area contributed by atoms with Crippen LogP contribution >= 0.6 is 11.8 Å². The van der Waals surface area contributed by atoms with E-state index in [1.165, 1.54) is 4.57 Å². The molecule has 0 bridgehead atoms. The number of fused-ring (bicyclic) bond motifs is 1. The van der Waals surface area contributed by atoms with Gasteiger partial charge in [-0.25, -0.2) is 9.78 Å². The van der Waals surface area contributed by atoms with Gasteiger partial charge in [0, 0.05) is 6.54 Å². The number of nitrogens with zero attached hydrogens (tertiary/aromatic N) is 2. The summed E-state index contributed by atoms with van der Waals surface area (Å²) in [5.74, 6) is -0.512. The molecule has 2 aromatic carbocycles. The largest absolute Gasteiger partial charge is 0.338 e. The number of rotatable bonds is 5. The van der Waals surface area contributed by atoms with Crippen LogP contribution in [0.3, 0.4) is 0 Å². The molecule has 3 aromatic rings. The summed E-state index contributed by atoms with van der Waals surface area (Å²) in [5.41, 5.74) is 3.09. The van der Waals surface area contributed by atoms with Gasteiger partial charge in [0.15, 0.2) is 5.16 Å². The number of nitrogens with one attached hydrogen (secondary N) is 2. The Labute approximate surface area is 172 Å². The van der Waals surface area contributed by atoms with Crippen LogP contribution in [-0.2, 0) is 4.79 Å². The van der Waals surface area contributed by atoms with E-state index in [-0.39, 0.29) is 11.3 Å². The fourth-order valence-corrected chi connectivity index (χ4v) is 3.83. The average molecular weight is 410 g/mol. The summed E-state index contributed by atoms with van der Waals surface area (Å²) in [7, 11) is 0. The van der Waals surface area contributed by atoms with Crippen LogP contribution in [0.1, 0.15) is 18.1 Å². The highest BCUT2D eigenvalue weighted by atomic mass is 32.2. The van der Waals surface area contributed by atoms with Crippen molar-refractivity contribution in [1.29, 1.82) is 0 Å². The zero-order chi connectivity index (χ0) is 21.0. The molecule has 29 heavy (non-hydrogen) atoms. The van der Waals surface area contributed by atoms with Crippen molar-refractivity contribution in [3.05, 3.63) is 63.9 Å². The number of para-hydroxylation sites is 1. The van der Waals surface area contributed by atoms with Crippen molar-refractivity contribution in [3.63, 3.8) is 0 Å². The zero-order valence-corrected chi connectivity index (χ0v) is 17.3. The van der Waals surface area contributed by atoms with Crippen LogP contribution in [0.25, 0.3) is 16.6 Å². The second-order valence-corrected chi connectivity index (χ2v) is 7.54. The van der Waals surface area contributed by atoms with Crippen molar-refractivity contribution in [3.8, 4) is 5.69 Å². The van der Waals surface area contributed by atoms with Gasteiger partial charge < -0.3 is 5.32 Å².